The predicted octanol–water partition coefficient (Wildman–Crippen LogP) is 3.26. The Hall–Kier alpha value is -0.800. The molecule has 5 heteroatoms. The standard InChI is InChI=1S/C12H14Cl2N2O/c1-8-2-4-16(5-3-8)12(17)9-6-11(14)15-7-10(9)13/h6-8H,2-5H2,1H3. The van der Waals surface area contributed by atoms with Gasteiger partial charge in [0.25, 0.3) is 5.91 Å². The molecule has 1 aliphatic rings. The van der Waals surface area contributed by atoms with Crippen molar-refractivity contribution in [1.29, 1.82) is 0 Å². The smallest absolute Gasteiger partial charge is 0.255 e. The molecule has 1 aromatic heterocycles. The monoisotopic (exact) mass is 272 g/mol. The molecule has 92 valence electrons. The summed E-state index contributed by atoms with van der Waals surface area (Å²) < 4.78 is 0. The van der Waals surface area contributed by atoms with Crippen LogP contribution in [0.2, 0.25) is 10.2 Å². The maximum Gasteiger partial charge on any atom is 0.255 e. The average molecular weight is 273 g/mol. The van der Waals surface area contributed by atoms with Gasteiger partial charge < -0.3 is 4.90 Å². The molecule has 3 nitrogen and oxygen atoms in total. The summed E-state index contributed by atoms with van der Waals surface area (Å²) in [7, 11) is 0. The summed E-state index contributed by atoms with van der Waals surface area (Å²) in [5.41, 5.74) is 0.446. The fourth-order valence-electron chi connectivity index (χ4n) is 1.96. The molecular weight excluding hydrogens is 259 g/mol. The zero-order valence-electron chi connectivity index (χ0n) is 9.62. The highest BCUT2D eigenvalue weighted by atomic mass is 35.5. The van der Waals surface area contributed by atoms with Gasteiger partial charge in [0.05, 0.1) is 10.6 Å². The van der Waals surface area contributed by atoms with Gasteiger partial charge in [-0.15, -0.1) is 0 Å². The molecular formula is C12H14Cl2N2O. The van der Waals surface area contributed by atoms with Crippen LogP contribution in [0.25, 0.3) is 0 Å². The van der Waals surface area contributed by atoms with Gasteiger partial charge in [-0.1, -0.05) is 30.1 Å². The lowest BCUT2D eigenvalue weighted by Gasteiger charge is -2.30. The fraction of sp³-hybridized carbons (Fsp3) is 0.500. The van der Waals surface area contributed by atoms with Crippen LogP contribution in [-0.4, -0.2) is 28.9 Å². The maximum absolute atomic E-state index is 12.2. The Morgan fingerprint density at radius 1 is 1.41 bits per heavy atom. The first-order valence-corrected chi connectivity index (χ1v) is 6.44. The van der Waals surface area contributed by atoms with Crippen molar-refractivity contribution in [2.45, 2.75) is 19.8 Å². The molecule has 0 atom stereocenters. The Kier molecular flexibility index (Phi) is 3.89. The third-order valence-corrected chi connectivity index (χ3v) is 3.63. The molecule has 1 saturated heterocycles. The molecule has 1 aromatic rings. The van der Waals surface area contributed by atoms with E-state index in [1.807, 2.05) is 4.90 Å². The number of amides is 1. The fourth-order valence-corrected chi connectivity index (χ4v) is 2.30. The first kappa shape index (κ1) is 12.7. The zero-order chi connectivity index (χ0) is 12.4. The number of piperidine rings is 1. The van der Waals surface area contributed by atoms with Gasteiger partial charge in [-0.3, -0.25) is 4.79 Å². The summed E-state index contributed by atoms with van der Waals surface area (Å²) in [6.45, 7) is 3.78. The maximum atomic E-state index is 12.2. The van der Waals surface area contributed by atoms with Gasteiger partial charge in [-0.05, 0) is 24.8 Å². The Bertz CT molecular complexity index is 429. The highest BCUT2D eigenvalue weighted by Crippen LogP contribution is 2.23. The Morgan fingerprint density at radius 2 is 2.06 bits per heavy atom. The van der Waals surface area contributed by atoms with Crippen LogP contribution >= 0.6 is 23.2 Å². The van der Waals surface area contributed by atoms with Crippen molar-refractivity contribution in [3.05, 3.63) is 28.0 Å². The molecule has 0 radical (unpaired) electrons. The van der Waals surface area contributed by atoms with Crippen LogP contribution in [0.3, 0.4) is 0 Å². The second kappa shape index (κ2) is 5.23. The molecule has 1 aliphatic heterocycles. The number of carbonyl (C=O) groups is 1. The molecule has 0 aromatic carbocycles. The third kappa shape index (κ3) is 2.90. The van der Waals surface area contributed by atoms with E-state index >= 15 is 0 Å². The molecule has 1 fully saturated rings. The minimum absolute atomic E-state index is 0.0498. The first-order chi connectivity index (χ1) is 8.08. The SMILES string of the molecule is CC1CCN(C(=O)c2cc(Cl)ncc2Cl)CC1. The van der Waals surface area contributed by atoms with Crippen molar-refractivity contribution >= 4 is 29.1 Å². The summed E-state index contributed by atoms with van der Waals surface area (Å²) in [6, 6.07) is 1.53. The topological polar surface area (TPSA) is 33.2 Å². The van der Waals surface area contributed by atoms with E-state index in [0.29, 0.717) is 21.7 Å². The van der Waals surface area contributed by atoms with Crippen LogP contribution in [0, 0.1) is 5.92 Å². The van der Waals surface area contributed by atoms with Crippen molar-refractivity contribution in [2.24, 2.45) is 5.92 Å². The van der Waals surface area contributed by atoms with E-state index < -0.39 is 0 Å². The highest BCUT2D eigenvalue weighted by molar-refractivity contribution is 6.35. The van der Waals surface area contributed by atoms with Gasteiger partial charge >= 0.3 is 0 Å². The van der Waals surface area contributed by atoms with E-state index in [1.165, 1.54) is 12.3 Å². The lowest BCUT2D eigenvalue weighted by atomic mass is 9.99. The normalized spacial score (nSPS) is 17.2. The Morgan fingerprint density at radius 3 is 2.71 bits per heavy atom. The molecule has 0 bridgehead atoms. The number of likely N-dealkylation sites (tertiary alicyclic amines) is 1. The minimum atomic E-state index is -0.0498. The van der Waals surface area contributed by atoms with E-state index in [0.717, 1.165) is 25.9 Å². The van der Waals surface area contributed by atoms with Crippen molar-refractivity contribution in [1.82, 2.24) is 9.88 Å². The van der Waals surface area contributed by atoms with E-state index in [1.54, 1.807) is 0 Å². The number of nitrogens with zero attached hydrogens (tertiary/aromatic N) is 2. The van der Waals surface area contributed by atoms with Crippen molar-refractivity contribution in [3.8, 4) is 0 Å². The molecule has 0 aliphatic carbocycles. The molecule has 0 N–H and O–H groups in total. The highest BCUT2D eigenvalue weighted by Gasteiger charge is 2.23. The van der Waals surface area contributed by atoms with Gasteiger partial charge in [-0.2, -0.15) is 0 Å². The van der Waals surface area contributed by atoms with Crippen molar-refractivity contribution in [2.75, 3.05) is 13.1 Å². The first-order valence-electron chi connectivity index (χ1n) is 5.68. The van der Waals surface area contributed by atoms with Gasteiger partial charge in [0, 0.05) is 19.3 Å². The lowest BCUT2D eigenvalue weighted by molar-refractivity contribution is 0.0697. The summed E-state index contributed by atoms with van der Waals surface area (Å²) in [6.07, 6.45) is 3.51. The number of carbonyl (C=O) groups excluding carboxylic acids is 1. The Balaban J connectivity index is 2.16. The number of pyridine rings is 1. The van der Waals surface area contributed by atoms with Gasteiger partial charge in [0.1, 0.15) is 5.15 Å². The largest absolute Gasteiger partial charge is 0.339 e. The summed E-state index contributed by atoms with van der Waals surface area (Å²) in [5.74, 6) is 0.641. The van der Waals surface area contributed by atoms with Crippen molar-refractivity contribution in [3.63, 3.8) is 0 Å². The van der Waals surface area contributed by atoms with Crippen LogP contribution < -0.4 is 0 Å². The summed E-state index contributed by atoms with van der Waals surface area (Å²) in [4.78, 5) is 17.9. The van der Waals surface area contributed by atoms with E-state index in [-0.39, 0.29) is 5.91 Å². The van der Waals surface area contributed by atoms with Crippen LogP contribution in [-0.2, 0) is 0 Å². The molecule has 17 heavy (non-hydrogen) atoms. The van der Waals surface area contributed by atoms with Crippen molar-refractivity contribution < 1.29 is 4.79 Å². The summed E-state index contributed by atoms with van der Waals surface area (Å²) in [5, 5.41) is 0.654. The van der Waals surface area contributed by atoms with E-state index in [9.17, 15) is 4.79 Å². The number of hydrogen-bond donors (Lipinski definition) is 0. The molecule has 1 amide bonds. The molecule has 2 heterocycles. The quantitative estimate of drug-likeness (QED) is 0.736. The lowest BCUT2D eigenvalue weighted by Crippen LogP contribution is -2.38. The molecule has 0 saturated carbocycles. The third-order valence-electron chi connectivity index (χ3n) is 3.12. The van der Waals surface area contributed by atoms with Gasteiger partial charge in [0.2, 0.25) is 0 Å². The molecule has 0 spiro atoms. The second-order valence-corrected chi connectivity index (χ2v) is 5.26. The summed E-state index contributed by atoms with van der Waals surface area (Å²) >= 11 is 11.8. The second-order valence-electron chi connectivity index (χ2n) is 4.46. The van der Waals surface area contributed by atoms with Crippen LogP contribution in [0.1, 0.15) is 30.1 Å². The number of halogens is 2. The molecule has 0 unspecified atom stereocenters. The number of aromatic nitrogens is 1. The molecule has 2 rings (SSSR count). The van der Waals surface area contributed by atoms with Gasteiger partial charge in [0.15, 0.2) is 0 Å². The zero-order valence-corrected chi connectivity index (χ0v) is 11.1. The number of hydrogen-bond acceptors (Lipinski definition) is 2. The van der Waals surface area contributed by atoms with E-state index in [2.05, 4.69) is 11.9 Å². The minimum Gasteiger partial charge on any atom is -0.339 e. The Labute approximate surface area is 111 Å². The van der Waals surface area contributed by atoms with Crippen LogP contribution in [0.15, 0.2) is 12.3 Å². The number of rotatable bonds is 1. The average Bonchev–Trinajstić information content (AvgIpc) is 2.32. The van der Waals surface area contributed by atoms with E-state index in [4.69, 9.17) is 23.2 Å². The van der Waals surface area contributed by atoms with Gasteiger partial charge in [-0.25, -0.2) is 4.98 Å². The van der Waals surface area contributed by atoms with Crippen LogP contribution in [0.4, 0.5) is 0 Å². The van der Waals surface area contributed by atoms with Crippen LogP contribution in [0.5, 0.6) is 0 Å². The predicted molar refractivity (Wildman–Crippen MR) is 68.6 cm³/mol.